The van der Waals surface area contributed by atoms with E-state index < -0.39 is 23.0 Å². The Hall–Kier alpha value is -2.38. The Morgan fingerprint density at radius 2 is 2.00 bits per heavy atom. The van der Waals surface area contributed by atoms with Gasteiger partial charge in [-0.2, -0.15) is 0 Å². The minimum atomic E-state index is -0.517. The molecule has 1 amide bonds. The van der Waals surface area contributed by atoms with E-state index in [4.69, 9.17) is 4.74 Å². The molecule has 0 aromatic carbocycles. The summed E-state index contributed by atoms with van der Waals surface area (Å²) in [5.74, 6) is -0.971. The molecule has 0 atom stereocenters. The molecule has 1 aromatic rings. The maximum absolute atomic E-state index is 12.0. The Bertz CT molecular complexity index is 589. The minimum Gasteiger partial charge on any atom is -0.465 e. The highest BCUT2D eigenvalue weighted by Crippen LogP contribution is 1.93. The number of esters is 1. The van der Waals surface area contributed by atoms with Gasteiger partial charge in [0.25, 0.3) is 11.1 Å². The van der Waals surface area contributed by atoms with Crippen LogP contribution >= 0.6 is 0 Å². The Kier molecular flexibility index (Phi) is 5.70. The zero-order chi connectivity index (χ0) is 15.1. The molecule has 0 fully saturated rings. The van der Waals surface area contributed by atoms with Crippen LogP contribution in [0.25, 0.3) is 0 Å². The molecule has 0 spiro atoms. The smallest absolute Gasteiger partial charge is 0.325 e. The largest absolute Gasteiger partial charge is 0.465 e. The molecule has 0 saturated carbocycles. The van der Waals surface area contributed by atoms with E-state index in [1.807, 2.05) is 0 Å². The summed E-state index contributed by atoms with van der Waals surface area (Å²) in [6.45, 7) is 3.38. The van der Waals surface area contributed by atoms with Gasteiger partial charge in [0.1, 0.15) is 13.1 Å². The second-order valence-corrected chi connectivity index (χ2v) is 3.95. The zero-order valence-electron chi connectivity index (χ0n) is 11.4. The third kappa shape index (κ3) is 4.38. The van der Waals surface area contributed by atoms with Crippen LogP contribution in [0.4, 0.5) is 0 Å². The molecular weight excluding hydrogens is 266 g/mol. The molecular formula is C12H17N3O5. The summed E-state index contributed by atoms with van der Waals surface area (Å²) in [6.07, 6.45) is 0. The average molecular weight is 283 g/mol. The van der Waals surface area contributed by atoms with Crippen LogP contribution in [0.2, 0.25) is 0 Å². The van der Waals surface area contributed by atoms with Crippen molar-refractivity contribution in [2.24, 2.45) is 0 Å². The minimum absolute atomic E-state index is 0.186. The highest BCUT2D eigenvalue weighted by atomic mass is 16.5. The molecule has 0 aliphatic carbocycles. The van der Waals surface area contributed by atoms with Crippen LogP contribution < -0.4 is 11.1 Å². The number of amides is 1. The number of carbonyl (C=O) groups is 2. The van der Waals surface area contributed by atoms with Crippen molar-refractivity contribution < 1.29 is 14.3 Å². The fraction of sp³-hybridized carbons (Fsp3) is 0.500. The molecule has 0 aliphatic heterocycles. The topological polar surface area (TPSA) is 101 Å². The van der Waals surface area contributed by atoms with Crippen molar-refractivity contribution in [3.8, 4) is 0 Å². The molecule has 20 heavy (non-hydrogen) atoms. The first-order chi connectivity index (χ1) is 9.47. The summed E-state index contributed by atoms with van der Waals surface area (Å²) in [5.41, 5.74) is -0.976. The number of hydrogen-bond donors (Lipinski definition) is 1. The highest BCUT2D eigenvalue weighted by Gasteiger charge is 2.17. The average Bonchev–Trinajstić information content (AvgIpc) is 2.40. The van der Waals surface area contributed by atoms with Gasteiger partial charge < -0.3 is 9.64 Å². The second kappa shape index (κ2) is 7.27. The first-order valence-electron chi connectivity index (χ1n) is 6.21. The van der Waals surface area contributed by atoms with E-state index in [-0.39, 0.29) is 19.7 Å². The van der Waals surface area contributed by atoms with Gasteiger partial charge in [0.2, 0.25) is 5.91 Å². The van der Waals surface area contributed by atoms with E-state index in [0.29, 0.717) is 6.54 Å². The number of carbonyl (C=O) groups excluding carboxylic acids is 2. The van der Waals surface area contributed by atoms with Gasteiger partial charge in [-0.05, 0) is 13.8 Å². The summed E-state index contributed by atoms with van der Waals surface area (Å²) < 4.78 is 5.66. The first kappa shape index (κ1) is 15.7. The van der Waals surface area contributed by atoms with Gasteiger partial charge in [-0.15, -0.1) is 0 Å². The first-order valence-corrected chi connectivity index (χ1v) is 6.21. The predicted molar refractivity (Wildman–Crippen MR) is 70.2 cm³/mol. The van der Waals surface area contributed by atoms with Crippen LogP contribution in [0.15, 0.2) is 21.7 Å². The standard InChI is InChI=1S/C12H17N3O5/c1-3-14(8-12(19)20-4-2)11(18)7-15-10(17)6-5-9(16)13-15/h5-6H,3-4,7-8H2,1-2H3,(H,13,16). The number of aromatic amines is 1. The van der Waals surface area contributed by atoms with E-state index >= 15 is 0 Å². The number of hydrogen-bond acceptors (Lipinski definition) is 5. The summed E-state index contributed by atoms with van der Waals surface area (Å²) in [5, 5.41) is 2.25. The third-order valence-corrected chi connectivity index (χ3v) is 2.54. The van der Waals surface area contributed by atoms with E-state index in [0.717, 1.165) is 16.8 Å². The number of H-pyrrole nitrogens is 1. The van der Waals surface area contributed by atoms with Gasteiger partial charge >= 0.3 is 5.97 Å². The molecule has 0 radical (unpaired) electrons. The molecule has 0 unspecified atom stereocenters. The molecule has 1 aromatic heterocycles. The van der Waals surface area contributed by atoms with Crippen molar-refractivity contribution in [3.63, 3.8) is 0 Å². The van der Waals surface area contributed by atoms with E-state index in [9.17, 15) is 19.2 Å². The lowest BCUT2D eigenvalue weighted by Crippen LogP contribution is -2.41. The number of aromatic nitrogens is 2. The number of nitrogens with one attached hydrogen (secondary N) is 1. The number of nitrogens with zero attached hydrogens (tertiary/aromatic N) is 2. The maximum Gasteiger partial charge on any atom is 0.325 e. The maximum atomic E-state index is 12.0. The van der Waals surface area contributed by atoms with Crippen LogP contribution in [-0.2, 0) is 20.9 Å². The summed E-state index contributed by atoms with van der Waals surface area (Å²) >= 11 is 0. The van der Waals surface area contributed by atoms with Gasteiger partial charge in [-0.1, -0.05) is 0 Å². The second-order valence-electron chi connectivity index (χ2n) is 3.95. The summed E-state index contributed by atoms with van der Waals surface area (Å²) in [4.78, 5) is 47.2. The number of rotatable bonds is 6. The Morgan fingerprint density at radius 3 is 2.60 bits per heavy atom. The quantitative estimate of drug-likeness (QED) is 0.671. The molecule has 1 rings (SSSR count). The van der Waals surface area contributed by atoms with Crippen LogP contribution in [0.5, 0.6) is 0 Å². The van der Waals surface area contributed by atoms with Crippen LogP contribution in [0, 0.1) is 0 Å². The summed E-state index contributed by atoms with van der Waals surface area (Å²) in [7, 11) is 0. The highest BCUT2D eigenvalue weighted by molar-refractivity contribution is 5.81. The van der Waals surface area contributed by atoms with Gasteiger partial charge in [-0.25, -0.2) is 4.68 Å². The molecule has 0 bridgehead atoms. The summed E-state index contributed by atoms with van der Waals surface area (Å²) in [6, 6.07) is 2.16. The monoisotopic (exact) mass is 283 g/mol. The molecule has 8 heteroatoms. The number of likely N-dealkylation sites (N-methyl/N-ethyl adjacent to an activating group) is 1. The van der Waals surface area contributed by atoms with Crippen molar-refractivity contribution in [3.05, 3.63) is 32.8 Å². The third-order valence-electron chi connectivity index (χ3n) is 2.54. The van der Waals surface area contributed by atoms with Gasteiger partial charge in [-0.3, -0.25) is 24.3 Å². The van der Waals surface area contributed by atoms with E-state index in [2.05, 4.69) is 5.10 Å². The van der Waals surface area contributed by atoms with Gasteiger partial charge in [0, 0.05) is 18.7 Å². The lowest BCUT2D eigenvalue weighted by Gasteiger charge is -2.19. The Morgan fingerprint density at radius 1 is 1.30 bits per heavy atom. The van der Waals surface area contributed by atoms with Crippen molar-refractivity contribution >= 4 is 11.9 Å². The Labute approximate surface area is 114 Å². The molecule has 110 valence electrons. The lowest BCUT2D eigenvalue weighted by molar-refractivity contribution is -0.149. The predicted octanol–water partition coefficient (Wildman–Crippen LogP) is -1.05. The van der Waals surface area contributed by atoms with Crippen LogP contribution in [0.1, 0.15) is 13.8 Å². The Balaban J connectivity index is 2.77. The van der Waals surface area contributed by atoms with Crippen molar-refractivity contribution in [2.75, 3.05) is 19.7 Å². The van der Waals surface area contributed by atoms with Gasteiger partial charge in [0.05, 0.1) is 6.61 Å². The van der Waals surface area contributed by atoms with Crippen molar-refractivity contribution in [1.82, 2.24) is 14.7 Å². The molecule has 0 saturated heterocycles. The molecule has 1 heterocycles. The van der Waals surface area contributed by atoms with Crippen molar-refractivity contribution in [2.45, 2.75) is 20.4 Å². The fourth-order valence-corrected chi connectivity index (χ4v) is 1.55. The lowest BCUT2D eigenvalue weighted by atomic mass is 10.4. The van der Waals surface area contributed by atoms with Crippen molar-refractivity contribution in [1.29, 1.82) is 0 Å². The number of ether oxygens (including phenoxy) is 1. The van der Waals surface area contributed by atoms with E-state index in [1.165, 1.54) is 4.90 Å². The molecule has 8 nitrogen and oxygen atoms in total. The molecule has 0 aliphatic rings. The zero-order valence-corrected chi connectivity index (χ0v) is 11.4. The normalized spacial score (nSPS) is 10.1. The van der Waals surface area contributed by atoms with Crippen LogP contribution in [-0.4, -0.2) is 46.3 Å². The molecule has 1 N–H and O–H groups in total. The SMILES string of the molecule is CCOC(=O)CN(CC)C(=O)Cn1[nH]c(=O)ccc1=O. The van der Waals surface area contributed by atoms with E-state index in [1.54, 1.807) is 13.8 Å². The van der Waals surface area contributed by atoms with Crippen LogP contribution in [0.3, 0.4) is 0 Å². The van der Waals surface area contributed by atoms with Gasteiger partial charge in [0.15, 0.2) is 0 Å². The fourth-order valence-electron chi connectivity index (χ4n) is 1.55.